The summed E-state index contributed by atoms with van der Waals surface area (Å²) >= 11 is 0. The minimum absolute atomic E-state index is 0.0477. The first-order valence-electron chi connectivity index (χ1n) is 7.07. The molecule has 0 radical (unpaired) electrons. The molecule has 0 aromatic heterocycles. The highest BCUT2D eigenvalue weighted by Crippen LogP contribution is 2.41. The molecule has 126 valence electrons. The van der Waals surface area contributed by atoms with Gasteiger partial charge in [0.1, 0.15) is 5.75 Å². The molecule has 0 aliphatic carbocycles. The Morgan fingerprint density at radius 1 is 1.48 bits per heavy atom. The molecule has 1 N–H and O–H groups in total. The fraction of sp³-hybridized carbons (Fsp3) is 0.467. The standard InChI is InChI=1S/C15H17F3N2O3/c1-3-5-11-9-14(22,15(16,17)18)20(19-11)13(21)10-6-4-7-12(8-10)23-2/h4,6-8,22H,3,5,9H2,1-2H3/t14-/m1/s1. The van der Waals surface area contributed by atoms with Crippen molar-refractivity contribution in [3.8, 4) is 5.75 Å². The Morgan fingerprint density at radius 3 is 2.74 bits per heavy atom. The molecule has 1 aromatic carbocycles. The van der Waals surface area contributed by atoms with Gasteiger partial charge in [-0.3, -0.25) is 4.79 Å². The zero-order valence-corrected chi connectivity index (χ0v) is 12.7. The highest BCUT2D eigenvalue weighted by atomic mass is 19.4. The third-order valence-electron chi connectivity index (χ3n) is 3.54. The summed E-state index contributed by atoms with van der Waals surface area (Å²) in [5.41, 5.74) is -3.23. The van der Waals surface area contributed by atoms with Gasteiger partial charge in [0, 0.05) is 17.7 Å². The van der Waals surface area contributed by atoms with Gasteiger partial charge in [-0.05, 0) is 24.6 Å². The Bertz CT molecular complexity index is 631. The van der Waals surface area contributed by atoms with Crippen LogP contribution in [-0.2, 0) is 0 Å². The lowest BCUT2D eigenvalue weighted by atomic mass is 10.0. The molecule has 1 atom stereocenters. The second-order valence-corrected chi connectivity index (χ2v) is 5.26. The fourth-order valence-electron chi connectivity index (χ4n) is 2.36. The van der Waals surface area contributed by atoms with Crippen molar-refractivity contribution in [3.63, 3.8) is 0 Å². The molecule has 1 aliphatic heterocycles. The van der Waals surface area contributed by atoms with Crippen molar-refractivity contribution in [2.24, 2.45) is 5.10 Å². The lowest BCUT2D eigenvalue weighted by Gasteiger charge is -2.32. The molecule has 8 heteroatoms. The lowest BCUT2D eigenvalue weighted by Crippen LogP contribution is -2.56. The number of aliphatic hydroxyl groups is 1. The smallest absolute Gasteiger partial charge is 0.438 e. The number of hydrazone groups is 1. The fourth-order valence-corrected chi connectivity index (χ4v) is 2.36. The van der Waals surface area contributed by atoms with Gasteiger partial charge in [-0.2, -0.15) is 23.3 Å². The second kappa shape index (κ2) is 6.19. The number of hydrogen-bond donors (Lipinski definition) is 1. The van der Waals surface area contributed by atoms with E-state index >= 15 is 0 Å². The van der Waals surface area contributed by atoms with Gasteiger partial charge >= 0.3 is 6.18 Å². The van der Waals surface area contributed by atoms with Crippen molar-refractivity contribution < 1.29 is 27.8 Å². The monoisotopic (exact) mass is 330 g/mol. The summed E-state index contributed by atoms with van der Waals surface area (Å²) in [7, 11) is 1.38. The van der Waals surface area contributed by atoms with Crippen LogP contribution in [0.1, 0.15) is 36.5 Å². The number of hydrogen-bond acceptors (Lipinski definition) is 4. The Kier molecular flexibility index (Phi) is 4.65. The molecule has 5 nitrogen and oxygen atoms in total. The van der Waals surface area contributed by atoms with E-state index < -0.39 is 24.2 Å². The second-order valence-electron chi connectivity index (χ2n) is 5.26. The van der Waals surface area contributed by atoms with Crippen LogP contribution in [0.25, 0.3) is 0 Å². The number of alkyl halides is 3. The summed E-state index contributed by atoms with van der Waals surface area (Å²) in [6, 6.07) is 5.68. The van der Waals surface area contributed by atoms with E-state index in [0.29, 0.717) is 12.2 Å². The first kappa shape index (κ1) is 17.3. The van der Waals surface area contributed by atoms with Crippen molar-refractivity contribution in [1.29, 1.82) is 0 Å². The van der Waals surface area contributed by atoms with Crippen molar-refractivity contribution in [3.05, 3.63) is 29.8 Å². The Morgan fingerprint density at radius 2 is 2.17 bits per heavy atom. The maximum Gasteiger partial charge on any atom is 0.438 e. The minimum atomic E-state index is -5.01. The van der Waals surface area contributed by atoms with Crippen molar-refractivity contribution in [2.45, 2.75) is 38.1 Å². The molecule has 0 saturated carbocycles. The summed E-state index contributed by atoms with van der Waals surface area (Å²) in [4.78, 5) is 12.4. The Hall–Kier alpha value is -2.09. The van der Waals surface area contributed by atoms with Crippen LogP contribution in [0.3, 0.4) is 0 Å². The number of halogens is 3. The predicted octanol–water partition coefficient (Wildman–Crippen LogP) is 2.95. The van der Waals surface area contributed by atoms with Crippen LogP contribution in [0, 0.1) is 0 Å². The number of amides is 1. The molecule has 23 heavy (non-hydrogen) atoms. The molecule has 0 spiro atoms. The van der Waals surface area contributed by atoms with Crippen LogP contribution >= 0.6 is 0 Å². The van der Waals surface area contributed by atoms with E-state index in [-0.39, 0.29) is 22.7 Å². The number of benzene rings is 1. The highest BCUT2D eigenvalue weighted by molar-refractivity contribution is 5.98. The quantitative estimate of drug-likeness (QED) is 0.923. The topological polar surface area (TPSA) is 62.1 Å². The van der Waals surface area contributed by atoms with Crippen LogP contribution in [-0.4, -0.2) is 40.7 Å². The van der Waals surface area contributed by atoms with Gasteiger partial charge in [0.25, 0.3) is 11.6 Å². The van der Waals surface area contributed by atoms with Gasteiger partial charge in [-0.15, -0.1) is 0 Å². The molecular formula is C15H17F3N2O3. The first-order valence-corrected chi connectivity index (χ1v) is 7.07. The van der Waals surface area contributed by atoms with E-state index in [9.17, 15) is 23.1 Å². The molecule has 1 aliphatic rings. The van der Waals surface area contributed by atoms with E-state index in [4.69, 9.17) is 4.74 Å². The zero-order chi connectivity index (χ0) is 17.3. The third-order valence-corrected chi connectivity index (χ3v) is 3.54. The van der Waals surface area contributed by atoms with Gasteiger partial charge in [0.2, 0.25) is 0 Å². The van der Waals surface area contributed by atoms with Crippen LogP contribution in [0.4, 0.5) is 13.2 Å². The molecule has 1 aromatic rings. The van der Waals surface area contributed by atoms with E-state index in [1.807, 2.05) is 0 Å². The summed E-state index contributed by atoms with van der Waals surface area (Å²) < 4.78 is 44.8. The minimum Gasteiger partial charge on any atom is -0.497 e. The average Bonchev–Trinajstić information content (AvgIpc) is 2.84. The third kappa shape index (κ3) is 3.17. The van der Waals surface area contributed by atoms with Crippen LogP contribution in [0.5, 0.6) is 5.75 Å². The predicted molar refractivity (Wildman–Crippen MR) is 77.1 cm³/mol. The maximum absolute atomic E-state index is 13.3. The number of rotatable bonds is 4. The molecule has 0 fully saturated rings. The number of ether oxygens (including phenoxy) is 1. The van der Waals surface area contributed by atoms with Crippen molar-refractivity contribution in [1.82, 2.24) is 5.01 Å². The van der Waals surface area contributed by atoms with E-state index in [0.717, 1.165) is 0 Å². The Labute approximate surface area is 131 Å². The van der Waals surface area contributed by atoms with Gasteiger partial charge in [-0.25, -0.2) is 0 Å². The lowest BCUT2D eigenvalue weighted by molar-refractivity contribution is -0.297. The molecular weight excluding hydrogens is 313 g/mol. The highest BCUT2D eigenvalue weighted by Gasteiger charge is 2.63. The van der Waals surface area contributed by atoms with Crippen molar-refractivity contribution >= 4 is 11.6 Å². The van der Waals surface area contributed by atoms with E-state index in [1.54, 1.807) is 13.0 Å². The summed E-state index contributed by atoms with van der Waals surface area (Å²) in [5.74, 6) is -0.710. The normalized spacial score (nSPS) is 21.3. The maximum atomic E-state index is 13.3. The van der Waals surface area contributed by atoms with Gasteiger partial charge in [0.05, 0.1) is 7.11 Å². The summed E-state index contributed by atoms with van der Waals surface area (Å²) in [6.45, 7) is 1.78. The Balaban J connectivity index is 2.41. The molecule has 1 amide bonds. The van der Waals surface area contributed by atoms with Crippen LogP contribution < -0.4 is 4.74 Å². The first-order chi connectivity index (χ1) is 10.7. The number of nitrogens with zero attached hydrogens (tertiary/aromatic N) is 2. The number of carbonyl (C=O) groups is 1. The molecule has 0 unspecified atom stereocenters. The summed E-state index contributed by atoms with van der Waals surface area (Å²) in [6.07, 6.45) is -4.91. The van der Waals surface area contributed by atoms with Crippen LogP contribution in [0.2, 0.25) is 0 Å². The molecule has 0 saturated heterocycles. The molecule has 0 bridgehead atoms. The van der Waals surface area contributed by atoms with E-state index in [2.05, 4.69) is 5.10 Å². The van der Waals surface area contributed by atoms with Gasteiger partial charge in [0.15, 0.2) is 0 Å². The van der Waals surface area contributed by atoms with Crippen molar-refractivity contribution in [2.75, 3.05) is 7.11 Å². The number of carbonyl (C=O) groups excluding carboxylic acids is 1. The average molecular weight is 330 g/mol. The largest absolute Gasteiger partial charge is 0.497 e. The van der Waals surface area contributed by atoms with Gasteiger partial charge in [-0.1, -0.05) is 19.4 Å². The molecule has 1 heterocycles. The number of methoxy groups -OCH3 is 1. The summed E-state index contributed by atoms with van der Waals surface area (Å²) in [5, 5.41) is 13.9. The molecule has 2 rings (SSSR count). The van der Waals surface area contributed by atoms with Crippen LogP contribution in [0.15, 0.2) is 29.4 Å². The van der Waals surface area contributed by atoms with E-state index in [1.165, 1.54) is 25.3 Å². The SMILES string of the molecule is CCCC1=NN(C(=O)c2cccc(OC)c2)[C@](O)(C(F)(F)F)C1. The van der Waals surface area contributed by atoms with Gasteiger partial charge < -0.3 is 9.84 Å². The zero-order valence-electron chi connectivity index (χ0n) is 12.7.